The average molecular weight is 405 g/mol. The number of alkyl halides is 1. The largest absolute Gasteiger partial charge is 0.352 e. The van der Waals surface area contributed by atoms with Gasteiger partial charge in [0.2, 0.25) is 0 Å². The lowest BCUT2D eigenvalue weighted by atomic mass is 10.0. The maximum Gasteiger partial charge on any atom is 0.256 e. The first-order valence-corrected chi connectivity index (χ1v) is 9.73. The minimum Gasteiger partial charge on any atom is -0.352 e. The second kappa shape index (κ2) is 9.31. The molecule has 0 bridgehead atoms. The first kappa shape index (κ1) is 21.2. The second-order valence-corrected chi connectivity index (χ2v) is 7.53. The average Bonchev–Trinajstić information content (AvgIpc) is 3.52. The van der Waals surface area contributed by atoms with E-state index in [0.717, 1.165) is 24.1 Å². The predicted molar refractivity (Wildman–Crippen MR) is 108 cm³/mol. The van der Waals surface area contributed by atoms with Crippen molar-refractivity contribution >= 4 is 17.3 Å². The summed E-state index contributed by atoms with van der Waals surface area (Å²) in [4.78, 5) is 14.5. The van der Waals surface area contributed by atoms with Crippen molar-refractivity contribution in [2.45, 2.75) is 25.8 Å². The summed E-state index contributed by atoms with van der Waals surface area (Å²) < 4.78 is 37.7. The minimum atomic E-state index is -1.04. The first-order chi connectivity index (χ1) is 14.0. The molecule has 1 saturated heterocycles. The summed E-state index contributed by atoms with van der Waals surface area (Å²) >= 11 is 0. The summed E-state index contributed by atoms with van der Waals surface area (Å²) in [5, 5.41) is 6.33. The number of nitrogens with one attached hydrogen (secondary N) is 2. The van der Waals surface area contributed by atoms with Gasteiger partial charge in [-0.1, -0.05) is 17.7 Å². The smallest absolute Gasteiger partial charge is 0.256 e. The molecule has 1 heterocycles. The minimum absolute atomic E-state index is 0.113. The van der Waals surface area contributed by atoms with Gasteiger partial charge in [0.25, 0.3) is 5.91 Å². The van der Waals surface area contributed by atoms with Gasteiger partial charge >= 0.3 is 0 Å². The number of carbonyl (C=O) groups excluding carboxylic acids is 1. The zero-order valence-corrected chi connectivity index (χ0v) is 16.6. The molecule has 0 aromatic heterocycles. The SMILES string of the molecule is CF.Cc1ccc(Nc2c(C(=O)N3CC(NCC4CC4)C3)ccc(F)c2F)cc1. The van der Waals surface area contributed by atoms with E-state index in [1.165, 1.54) is 18.9 Å². The number of amides is 1. The molecule has 0 spiro atoms. The lowest BCUT2D eigenvalue weighted by Crippen LogP contribution is -2.60. The summed E-state index contributed by atoms with van der Waals surface area (Å²) in [6.45, 7) is 4.13. The maximum atomic E-state index is 14.4. The van der Waals surface area contributed by atoms with E-state index in [-0.39, 0.29) is 23.2 Å². The Balaban J connectivity index is 0.00000117. The van der Waals surface area contributed by atoms with E-state index >= 15 is 0 Å². The molecule has 4 rings (SSSR count). The topological polar surface area (TPSA) is 44.4 Å². The summed E-state index contributed by atoms with van der Waals surface area (Å²) in [6, 6.07) is 9.92. The Morgan fingerprint density at radius 3 is 2.34 bits per heavy atom. The Morgan fingerprint density at radius 2 is 1.72 bits per heavy atom. The third kappa shape index (κ3) is 5.09. The summed E-state index contributed by atoms with van der Waals surface area (Å²) in [5.74, 6) is -1.52. The van der Waals surface area contributed by atoms with E-state index in [4.69, 9.17) is 0 Å². The highest BCUT2D eigenvalue weighted by atomic mass is 19.2. The van der Waals surface area contributed by atoms with Gasteiger partial charge in [-0.2, -0.15) is 0 Å². The number of aryl methyl sites for hydroxylation is 1. The standard InChI is InChI=1S/C21H23F2N3O.CH3F/c1-13-2-6-15(7-3-13)25-20-17(8-9-18(22)19(20)23)21(27)26-11-16(12-26)24-10-14-4-5-14;1-2/h2-3,6-9,14,16,24-25H,4-5,10-12H2,1H3;1H3. The Labute approximate surface area is 169 Å². The van der Waals surface area contributed by atoms with Gasteiger partial charge < -0.3 is 15.5 Å². The molecule has 1 amide bonds. The van der Waals surface area contributed by atoms with Gasteiger partial charge in [-0.05, 0) is 56.5 Å². The number of hydrogen-bond donors (Lipinski definition) is 2. The second-order valence-electron chi connectivity index (χ2n) is 7.53. The summed E-state index contributed by atoms with van der Waals surface area (Å²) in [5.41, 5.74) is 1.70. The van der Waals surface area contributed by atoms with Gasteiger partial charge in [0.15, 0.2) is 11.6 Å². The van der Waals surface area contributed by atoms with Gasteiger partial charge in [-0.15, -0.1) is 0 Å². The molecule has 1 aliphatic heterocycles. The molecule has 1 saturated carbocycles. The number of halogens is 3. The third-order valence-electron chi connectivity index (χ3n) is 5.21. The van der Waals surface area contributed by atoms with Gasteiger partial charge in [-0.25, -0.2) is 8.78 Å². The zero-order chi connectivity index (χ0) is 21.0. The van der Waals surface area contributed by atoms with Crippen LogP contribution in [0.5, 0.6) is 0 Å². The zero-order valence-electron chi connectivity index (χ0n) is 16.6. The van der Waals surface area contributed by atoms with Crippen LogP contribution in [0, 0.1) is 24.5 Å². The van der Waals surface area contributed by atoms with E-state index in [1.54, 1.807) is 17.0 Å². The Hall–Kier alpha value is -2.54. The highest BCUT2D eigenvalue weighted by Crippen LogP contribution is 2.30. The van der Waals surface area contributed by atoms with Gasteiger partial charge in [0, 0.05) is 24.8 Å². The molecule has 2 aromatic rings. The molecule has 2 fully saturated rings. The van der Waals surface area contributed by atoms with Crippen LogP contribution in [0.15, 0.2) is 36.4 Å². The van der Waals surface area contributed by atoms with E-state index in [1.807, 2.05) is 19.1 Å². The highest BCUT2D eigenvalue weighted by molar-refractivity contribution is 6.01. The molecule has 2 aliphatic rings. The maximum absolute atomic E-state index is 14.4. The van der Waals surface area contributed by atoms with Crippen LogP contribution in [-0.2, 0) is 0 Å². The third-order valence-corrected chi connectivity index (χ3v) is 5.21. The van der Waals surface area contributed by atoms with Crippen LogP contribution in [-0.4, -0.2) is 43.7 Å². The van der Waals surface area contributed by atoms with Gasteiger partial charge in [0.1, 0.15) is 0 Å². The fourth-order valence-electron chi connectivity index (χ4n) is 3.23. The van der Waals surface area contributed by atoms with E-state index in [2.05, 4.69) is 10.6 Å². The van der Waals surface area contributed by atoms with Crippen molar-refractivity contribution in [3.05, 3.63) is 59.2 Å². The molecule has 2 N–H and O–H groups in total. The van der Waals surface area contributed by atoms with Crippen LogP contribution in [0.3, 0.4) is 0 Å². The number of carbonyl (C=O) groups is 1. The van der Waals surface area contributed by atoms with E-state index in [0.29, 0.717) is 26.0 Å². The molecule has 2 aromatic carbocycles. The highest BCUT2D eigenvalue weighted by Gasteiger charge is 2.34. The van der Waals surface area contributed by atoms with Crippen molar-refractivity contribution in [3.8, 4) is 0 Å². The van der Waals surface area contributed by atoms with Crippen LogP contribution >= 0.6 is 0 Å². The van der Waals surface area contributed by atoms with Crippen molar-refractivity contribution in [2.24, 2.45) is 5.92 Å². The molecule has 1 aliphatic carbocycles. The quantitative estimate of drug-likeness (QED) is 0.748. The lowest BCUT2D eigenvalue weighted by molar-refractivity contribution is 0.0567. The van der Waals surface area contributed by atoms with E-state index < -0.39 is 11.6 Å². The molecule has 0 atom stereocenters. The number of likely N-dealkylation sites (tertiary alicyclic amines) is 1. The molecule has 4 nitrogen and oxygen atoms in total. The lowest BCUT2D eigenvalue weighted by Gasteiger charge is -2.40. The molecule has 0 unspecified atom stereocenters. The number of anilines is 2. The molecule has 29 heavy (non-hydrogen) atoms. The Bertz CT molecular complexity index is 847. The molecular weight excluding hydrogens is 379 g/mol. The predicted octanol–water partition coefficient (Wildman–Crippen LogP) is 4.43. The van der Waals surface area contributed by atoms with Gasteiger partial charge in [0.05, 0.1) is 18.4 Å². The fraction of sp³-hybridized carbons (Fsp3) is 0.409. The Morgan fingerprint density at radius 1 is 1.07 bits per heavy atom. The van der Waals surface area contributed by atoms with Crippen molar-refractivity contribution in [2.75, 3.05) is 32.1 Å². The summed E-state index contributed by atoms with van der Waals surface area (Å²) in [7, 11) is 0.500. The van der Waals surface area contributed by atoms with Crippen molar-refractivity contribution in [3.63, 3.8) is 0 Å². The van der Waals surface area contributed by atoms with Crippen LogP contribution in [0.4, 0.5) is 24.5 Å². The molecule has 156 valence electrons. The monoisotopic (exact) mass is 405 g/mol. The van der Waals surface area contributed by atoms with Crippen LogP contribution in [0.1, 0.15) is 28.8 Å². The fourth-order valence-corrected chi connectivity index (χ4v) is 3.23. The number of nitrogens with zero attached hydrogens (tertiary/aromatic N) is 1. The summed E-state index contributed by atoms with van der Waals surface area (Å²) in [6.07, 6.45) is 2.57. The first-order valence-electron chi connectivity index (χ1n) is 9.73. The van der Waals surface area contributed by atoms with E-state index in [9.17, 15) is 18.0 Å². The number of benzene rings is 2. The molecule has 0 radical (unpaired) electrons. The Kier molecular flexibility index (Phi) is 6.79. The van der Waals surface area contributed by atoms with Crippen molar-refractivity contribution in [1.29, 1.82) is 0 Å². The van der Waals surface area contributed by atoms with Crippen molar-refractivity contribution in [1.82, 2.24) is 10.2 Å². The van der Waals surface area contributed by atoms with Crippen LogP contribution < -0.4 is 10.6 Å². The van der Waals surface area contributed by atoms with Gasteiger partial charge in [-0.3, -0.25) is 9.18 Å². The number of hydrogen-bond acceptors (Lipinski definition) is 3. The molecule has 7 heteroatoms. The number of rotatable bonds is 6. The van der Waals surface area contributed by atoms with Crippen molar-refractivity contribution < 1.29 is 18.0 Å². The normalized spacial score (nSPS) is 16.0. The van der Waals surface area contributed by atoms with Crippen LogP contribution in [0.2, 0.25) is 0 Å². The van der Waals surface area contributed by atoms with Crippen LogP contribution in [0.25, 0.3) is 0 Å². The molecular formula is C22H26F3N3O.